The molecule has 0 fully saturated rings. The highest BCUT2D eigenvalue weighted by Gasteiger charge is 2.13. The Balaban J connectivity index is 2.41. The van der Waals surface area contributed by atoms with E-state index >= 15 is 0 Å². The summed E-state index contributed by atoms with van der Waals surface area (Å²) in [5.41, 5.74) is 0. The molecule has 0 aromatic heterocycles. The molecule has 1 rings (SSSR count). The van der Waals surface area contributed by atoms with Crippen LogP contribution in [0.1, 0.15) is 13.8 Å². The van der Waals surface area contributed by atoms with E-state index in [0.717, 1.165) is 0 Å². The second-order valence-electron chi connectivity index (χ2n) is 2.38. The summed E-state index contributed by atoms with van der Waals surface area (Å²) in [6, 6.07) is 0. The first-order valence-corrected chi connectivity index (χ1v) is 3.37. The Kier molecular flexibility index (Phi) is 2.30. The van der Waals surface area contributed by atoms with Crippen molar-refractivity contribution in [1.29, 1.82) is 0 Å². The molecule has 0 aromatic carbocycles. The van der Waals surface area contributed by atoms with Crippen molar-refractivity contribution in [2.24, 2.45) is 5.16 Å². The Hall–Kier alpha value is -1.26. The van der Waals surface area contributed by atoms with E-state index in [2.05, 4.69) is 15.3 Å². The molecule has 0 bridgehead atoms. The van der Waals surface area contributed by atoms with Crippen LogP contribution in [0.5, 0.6) is 0 Å². The first-order valence-electron chi connectivity index (χ1n) is 3.37. The second-order valence-corrected chi connectivity index (χ2v) is 2.38. The molecule has 0 aliphatic carbocycles. The zero-order valence-electron chi connectivity index (χ0n) is 6.46. The lowest BCUT2D eigenvalue weighted by atomic mass is 10.5. The fourth-order valence-electron chi connectivity index (χ4n) is 0.640. The van der Waals surface area contributed by atoms with Crippen LogP contribution < -0.4 is 5.32 Å². The van der Waals surface area contributed by atoms with Crippen LogP contribution in [0.4, 0.5) is 4.79 Å². The molecule has 0 radical (unpaired) electrons. The summed E-state index contributed by atoms with van der Waals surface area (Å²) in [6.07, 6.45) is -0.492. The monoisotopic (exact) mass is 158 g/mol. The molecule has 0 aromatic rings. The van der Waals surface area contributed by atoms with Crippen LogP contribution in [0.3, 0.4) is 0 Å². The van der Waals surface area contributed by atoms with E-state index in [0.29, 0.717) is 12.4 Å². The van der Waals surface area contributed by atoms with Gasteiger partial charge in [0.05, 0.1) is 6.10 Å². The number of ether oxygens (including phenoxy) is 1. The Morgan fingerprint density at radius 1 is 1.73 bits per heavy atom. The van der Waals surface area contributed by atoms with E-state index in [1.807, 2.05) is 13.8 Å². The van der Waals surface area contributed by atoms with Gasteiger partial charge in [-0.1, -0.05) is 0 Å². The highest BCUT2D eigenvalue weighted by molar-refractivity contribution is 5.84. The van der Waals surface area contributed by atoms with Crippen molar-refractivity contribution in [3.05, 3.63) is 0 Å². The maximum absolute atomic E-state index is 10.4. The number of hydrogen-bond acceptors (Lipinski definition) is 4. The van der Waals surface area contributed by atoms with Crippen LogP contribution in [0.2, 0.25) is 0 Å². The lowest BCUT2D eigenvalue weighted by Crippen LogP contribution is -2.36. The summed E-state index contributed by atoms with van der Waals surface area (Å²) in [7, 11) is 0. The van der Waals surface area contributed by atoms with E-state index in [-0.39, 0.29) is 6.10 Å². The molecule has 5 heteroatoms. The number of carbonyl (C=O) groups is 1. The van der Waals surface area contributed by atoms with Crippen molar-refractivity contribution < 1.29 is 14.4 Å². The van der Waals surface area contributed by atoms with Gasteiger partial charge < -0.3 is 10.1 Å². The third-order valence-corrected chi connectivity index (χ3v) is 0.986. The molecule has 0 saturated carbocycles. The Bertz CT molecular complexity index is 188. The molecule has 1 N–H and O–H groups in total. The van der Waals surface area contributed by atoms with Crippen molar-refractivity contribution in [1.82, 2.24) is 5.32 Å². The quantitative estimate of drug-likeness (QED) is 0.564. The van der Waals surface area contributed by atoms with Crippen molar-refractivity contribution in [3.8, 4) is 0 Å². The predicted octanol–water partition coefficient (Wildman–Crippen LogP) is 0.465. The first-order chi connectivity index (χ1) is 5.18. The molecule has 1 aliphatic heterocycles. The number of carbonyl (C=O) groups excluding carboxylic acids is 1. The third kappa shape index (κ3) is 2.45. The van der Waals surface area contributed by atoms with E-state index < -0.39 is 6.09 Å². The lowest BCUT2D eigenvalue weighted by Gasteiger charge is -2.14. The molecule has 0 unspecified atom stereocenters. The van der Waals surface area contributed by atoms with Crippen LogP contribution >= 0.6 is 0 Å². The van der Waals surface area contributed by atoms with Crippen molar-refractivity contribution >= 4 is 12.0 Å². The molecule has 5 nitrogen and oxygen atoms in total. The Morgan fingerprint density at radius 2 is 2.45 bits per heavy atom. The van der Waals surface area contributed by atoms with Gasteiger partial charge in [0.1, 0.15) is 6.54 Å². The molecule has 11 heavy (non-hydrogen) atoms. The topological polar surface area (TPSA) is 59.9 Å². The molecular weight excluding hydrogens is 148 g/mol. The summed E-state index contributed by atoms with van der Waals surface area (Å²) in [5, 5.41) is 5.85. The van der Waals surface area contributed by atoms with Gasteiger partial charge in [0.25, 0.3) is 0 Å². The number of oxime groups is 1. The Labute approximate surface area is 64.3 Å². The number of nitrogens with one attached hydrogen (secondary N) is 1. The van der Waals surface area contributed by atoms with E-state index in [1.54, 1.807) is 0 Å². The zero-order valence-corrected chi connectivity index (χ0v) is 6.46. The van der Waals surface area contributed by atoms with Gasteiger partial charge in [-0.05, 0) is 19.0 Å². The minimum atomic E-state index is -0.541. The molecule has 0 atom stereocenters. The molecule has 0 spiro atoms. The van der Waals surface area contributed by atoms with Crippen LogP contribution in [0.25, 0.3) is 0 Å². The van der Waals surface area contributed by atoms with E-state index in [9.17, 15) is 4.79 Å². The highest BCUT2D eigenvalue weighted by atomic mass is 16.7. The third-order valence-electron chi connectivity index (χ3n) is 0.986. The number of amides is 1. The summed E-state index contributed by atoms with van der Waals surface area (Å²) in [5.74, 6) is 0.402. The van der Waals surface area contributed by atoms with Gasteiger partial charge in [0.15, 0.2) is 0 Å². The van der Waals surface area contributed by atoms with Gasteiger partial charge in [-0.3, -0.25) is 4.84 Å². The van der Waals surface area contributed by atoms with Crippen molar-refractivity contribution in [2.45, 2.75) is 20.0 Å². The minimum Gasteiger partial charge on any atom is -0.475 e. The smallest absolute Gasteiger partial charge is 0.433 e. The second kappa shape index (κ2) is 3.23. The fraction of sp³-hybridized carbons (Fsp3) is 0.667. The van der Waals surface area contributed by atoms with Gasteiger partial charge in [-0.15, -0.1) is 0 Å². The summed E-state index contributed by atoms with van der Waals surface area (Å²) in [4.78, 5) is 14.7. The van der Waals surface area contributed by atoms with Gasteiger partial charge in [-0.2, -0.15) is 0 Å². The molecule has 62 valence electrons. The predicted molar refractivity (Wildman–Crippen MR) is 38.1 cm³/mol. The Morgan fingerprint density at radius 3 is 2.91 bits per heavy atom. The molecule has 1 heterocycles. The number of hydrogen-bond donors (Lipinski definition) is 1. The molecular formula is C6H10N2O3. The summed E-state index contributed by atoms with van der Waals surface area (Å²) < 4.78 is 5.15. The highest BCUT2D eigenvalue weighted by Crippen LogP contribution is 1.95. The summed E-state index contributed by atoms with van der Waals surface area (Å²) >= 11 is 0. The minimum absolute atomic E-state index is 0.0485. The number of rotatable bonds is 1. The number of nitrogens with zero attached hydrogens (tertiary/aromatic N) is 1. The lowest BCUT2D eigenvalue weighted by molar-refractivity contribution is 0.128. The van der Waals surface area contributed by atoms with Crippen LogP contribution in [0, 0.1) is 0 Å². The molecule has 1 amide bonds. The SMILES string of the molecule is CC(C)OC1=NOC(=O)NC1. The van der Waals surface area contributed by atoms with Crippen molar-refractivity contribution in [2.75, 3.05) is 6.54 Å². The van der Waals surface area contributed by atoms with E-state index in [4.69, 9.17) is 4.74 Å². The standard InChI is InChI=1S/C6H10N2O3/c1-4(2)10-5-3-7-6(9)11-8-5/h4H,3H2,1-2H3,(H,7,9). The largest absolute Gasteiger partial charge is 0.475 e. The van der Waals surface area contributed by atoms with E-state index in [1.165, 1.54) is 0 Å². The zero-order chi connectivity index (χ0) is 8.27. The van der Waals surface area contributed by atoms with Crippen molar-refractivity contribution in [3.63, 3.8) is 0 Å². The van der Waals surface area contributed by atoms with Gasteiger partial charge in [0, 0.05) is 0 Å². The van der Waals surface area contributed by atoms with Gasteiger partial charge >= 0.3 is 6.09 Å². The van der Waals surface area contributed by atoms with Crippen LogP contribution in [-0.4, -0.2) is 24.6 Å². The van der Waals surface area contributed by atoms with Gasteiger partial charge in [0.2, 0.25) is 5.90 Å². The van der Waals surface area contributed by atoms with Gasteiger partial charge in [-0.25, -0.2) is 4.79 Å². The average molecular weight is 158 g/mol. The fourth-order valence-corrected chi connectivity index (χ4v) is 0.640. The first kappa shape index (κ1) is 7.84. The normalized spacial score (nSPS) is 17.0. The van der Waals surface area contributed by atoms with Crippen LogP contribution in [-0.2, 0) is 9.57 Å². The molecule has 1 aliphatic rings. The maximum Gasteiger partial charge on any atom is 0.433 e. The van der Waals surface area contributed by atoms with Crippen LogP contribution in [0.15, 0.2) is 5.16 Å². The maximum atomic E-state index is 10.4. The molecule has 0 saturated heterocycles. The average Bonchev–Trinajstić information content (AvgIpc) is 1.93. The summed E-state index contributed by atoms with van der Waals surface area (Å²) in [6.45, 7) is 4.05.